The van der Waals surface area contributed by atoms with Crippen LogP contribution < -0.4 is 0 Å². The Balaban J connectivity index is 2.92. The minimum Gasteiger partial charge on any atom is -0.0622 e. The Kier molecular flexibility index (Phi) is 3.37. The predicted molar refractivity (Wildman–Crippen MR) is 53.6 cm³/mol. The van der Waals surface area contributed by atoms with Gasteiger partial charge in [-0.15, -0.1) is 0 Å². The third kappa shape index (κ3) is 2.19. The first-order chi connectivity index (χ1) is 5.38. The molecule has 1 aromatic carbocycles. The standard InChI is InChI=1S/C10H11Br/c1-2-9(8-11)10-6-4-3-5-7-10/h3-8H,2H2,1H3/b9-8+. The molecule has 11 heavy (non-hydrogen) atoms. The summed E-state index contributed by atoms with van der Waals surface area (Å²) in [6, 6.07) is 10.4. The van der Waals surface area contributed by atoms with E-state index in [9.17, 15) is 0 Å². The Morgan fingerprint density at radius 1 is 1.36 bits per heavy atom. The molecule has 0 aliphatic rings. The van der Waals surface area contributed by atoms with Crippen molar-refractivity contribution in [3.8, 4) is 0 Å². The van der Waals surface area contributed by atoms with E-state index >= 15 is 0 Å². The summed E-state index contributed by atoms with van der Waals surface area (Å²) in [5.74, 6) is 0. The van der Waals surface area contributed by atoms with Gasteiger partial charge >= 0.3 is 0 Å². The quantitative estimate of drug-likeness (QED) is 0.697. The van der Waals surface area contributed by atoms with Crippen molar-refractivity contribution in [2.24, 2.45) is 0 Å². The maximum absolute atomic E-state index is 3.35. The van der Waals surface area contributed by atoms with Crippen LogP contribution in [0.3, 0.4) is 0 Å². The van der Waals surface area contributed by atoms with Crippen LogP contribution in [0.15, 0.2) is 35.3 Å². The van der Waals surface area contributed by atoms with Gasteiger partial charge in [0.1, 0.15) is 0 Å². The molecular weight excluding hydrogens is 200 g/mol. The molecule has 0 aliphatic heterocycles. The number of halogens is 1. The maximum atomic E-state index is 3.35. The highest BCUT2D eigenvalue weighted by Crippen LogP contribution is 2.18. The first-order valence-electron chi connectivity index (χ1n) is 3.73. The molecule has 0 nitrogen and oxygen atoms in total. The van der Waals surface area contributed by atoms with E-state index in [0.717, 1.165) is 6.42 Å². The van der Waals surface area contributed by atoms with Gasteiger partial charge in [0.2, 0.25) is 0 Å². The van der Waals surface area contributed by atoms with E-state index in [1.165, 1.54) is 11.1 Å². The number of allylic oxidation sites excluding steroid dienone is 1. The highest BCUT2D eigenvalue weighted by molar-refractivity contribution is 9.11. The molecule has 58 valence electrons. The fraction of sp³-hybridized carbons (Fsp3) is 0.200. The van der Waals surface area contributed by atoms with E-state index < -0.39 is 0 Å². The average Bonchev–Trinajstić information content (AvgIpc) is 2.09. The lowest BCUT2D eigenvalue weighted by Gasteiger charge is -2.01. The fourth-order valence-corrected chi connectivity index (χ4v) is 1.58. The van der Waals surface area contributed by atoms with E-state index in [2.05, 4.69) is 47.1 Å². The van der Waals surface area contributed by atoms with Crippen LogP contribution in [0.4, 0.5) is 0 Å². The molecule has 0 unspecified atom stereocenters. The van der Waals surface area contributed by atoms with Gasteiger partial charge in [-0.05, 0) is 22.5 Å². The van der Waals surface area contributed by atoms with E-state index in [1.807, 2.05) is 11.1 Å². The minimum absolute atomic E-state index is 1.06. The zero-order valence-electron chi connectivity index (χ0n) is 6.55. The maximum Gasteiger partial charge on any atom is -0.0151 e. The smallest absolute Gasteiger partial charge is 0.0151 e. The van der Waals surface area contributed by atoms with Crippen LogP contribution in [0.2, 0.25) is 0 Å². The molecule has 0 saturated heterocycles. The van der Waals surface area contributed by atoms with Crippen LogP contribution in [0.5, 0.6) is 0 Å². The van der Waals surface area contributed by atoms with Crippen LogP contribution >= 0.6 is 15.9 Å². The Labute approximate surface area is 76.1 Å². The summed E-state index contributed by atoms with van der Waals surface area (Å²) in [6.07, 6.45) is 1.06. The van der Waals surface area contributed by atoms with Crippen molar-refractivity contribution in [1.29, 1.82) is 0 Å². The van der Waals surface area contributed by atoms with Crippen LogP contribution in [0.1, 0.15) is 18.9 Å². The Hall–Kier alpha value is -0.560. The SMILES string of the molecule is CC/C(=C\Br)c1ccccc1. The predicted octanol–water partition coefficient (Wildman–Crippen LogP) is 3.83. The first kappa shape index (κ1) is 8.54. The fourth-order valence-electron chi connectivity index (χ4n) is 0.996. The van der Waals surface area contributed by atoms with Gasteiger partial charge in [-0.25, -0.2) is 0 Å². The first-order valence-corrected chi connectivity index (χ1v) is 4.64. The van der Waals surface area contributed by atoms with Gasteiger partial charge in [0.15, 0.2) is 0 Å². The lowest BCUT2D eigenvalue weighted by molar-refractivity contribution is 1.24. The summed E-state index contributed by atoms with van der Waals surface area (Å²) in [5, 5.41) is 0. The van der Waals surface area contributed by atoms with Gasteiger partial charge in [0.05, 0.1) is 0 Å². The highest BCUT2D eigenvalue weighted by atomic mass is 79.9. The molecule has 0 atom stereocenters. The van der Waals surface area contributed by atoms with Crippen molar-refractivity contribution in [3.63, 3.8) is 0 Å². The second kappa shape index (κ2) is 4.35. The second-order valence-electron chi connectivity index (χ2n) is 2.35. The largest absolute Gasteiger partial charge is 0.0622 e. The number of hydrogen-bond donors (Lipinski definition) is 0. The summed E-state index contributed by atoms with van der Waals surface area (Å²) < 4.78 is 0. The van der Waals surface area contributed by atoms with Gasteiger partial charge in [-0.3, -0.25) is 0 Å². The zero-order chi connectivity index (χ0) is 8.10. The van der Waals surface area contributed by atoms with Gasteiger partial charge in [-0.1, -0.05) is 53.2 Å². The van der Waals surface area contributed by atoms with Crippen LogP contribution in [-0.4, -0.2) is 0 Å². The van der Waals surface area contributed by atoms with Crippen molar-refractivity contribution in [2.45, 2.75) is 13.3 Å². The second-order valence-corrected chi connectivity index (χ2v) is 2.81. The van der Waals surface area contributed by atoms with Crippen LogP contribution in [0, 0.1) is 0 Å². The molecular formula is C10H11Br. The summed E-state index contributed by atoms with van der Waals surface area (Å²) in [4.78, 5) is 1.99. The zero-order valence-corrected chi connectivity index (χ0v) is 8.14. The minimum atomic E-state index is 1.06. The Morgan fingerprint density at radius 3 is 2.45 bits per heavy atom. The van der Waals surface area contributed by atoms with Crippen molar-refractivity contribution >= 4 is 21.5 Å². The molecule has 0 fully saturated rings. The molecule has 0 aliphatic carbocycles. The molecule has 0 saturated carbocycles. The molecule has 0 spiro atoms. The molecule has 0 bridgehead atoms. The Bertz CT molecular complexity index is 236. The topological polar surface area (TPSA) is 0 Å². The lowest BCUT2D eigenvalue weighted by Crippen LogP contribution is -1.78. The van der Waals surface area contributed by atoms with E-state index in [1.54, 1.807) is 0 Å². The normalized spacial score (nSPS) is 11.6. The highest BCUT2D eigenvalue weighted by Gasteiger charge is 1.94. The van der Waals surface area contributed by atoms with E-state index in [-0.39, 0.29) is 0 Å². The third-order valence-electron chi connectivity index (χ3n) is 1.66. The molecule has 1 rings (SSSR count). The molecule has 0 aromatic heterocycles. The summed E-state index contributed by atoms with van der Waals surface area (Å²) in [7, 11) is 0. The molecule has 0 N–H and O–H groups in total. The van der Waals surface area contributed by atoms with Gasteiger partial charge in [0, 0.05) is 0 Å². The van der Waals surface area contributed by atoms with Gasteiger partial charge in [-0.2, -0.15) is 0 Å². The van der Waals surface area contributed by atoms with Crippen molar-refractivity contribution in [3.05, 3.63) is 40.9 Å². The average molecular weight is 211 g/mol. The van der Waals surface area contributed by atoms with Crippen LogP contribution in [-0.2, 0) is 0 Å². The van der Waals surface area contributed by atoms with Crippen molar-refractivity contribution < 1.29 is 0 Å². The van der Waals surface area contributed by atoms with Crippen molar-refractivity contribution in [1.82, 2.24) is 0 Å². The molecule has 1 heteroatoms. The van der Waals surface area contributed by atoms with Gasteiger partial charge < -0.3 is 0 Å². The summed E-state index contributed by atoms with van der Waals surface area (Å²) in [6.45, 7) is 2.15. The lowest BCUT2D eigenvalue weighted by atomic mass is 10.1. The van der Waals surface area contributed by atoms with E-state index in [0.29, 0.717) is 0 Å². The molecule has 0 amide bonds. The van der Waals surface area contributed by atoms with E-state index in [4.69, 9.17) is 0 Å². The van der Waals surface area contributed by atoms with Crippen LogP contribution in [0.25, 0.3) is 5.57 Å². The molecule has 1 aromatic rings. The molecule has 0 heterocycles. The molecule has 0 radical (unpaired) electrons. The summed E-state index contributed by atoms with van der Waals surface area (Å²) >= 11 is 3.35. The number of benzene rings is 1. The summed E-state index contributed by atoms with van der Waals surface area (Å²) in [5.41, 5.74) is 2.64. The number of hydrogen-bond acceptors (Lipinski definition) is 0. The monoisotopic (exact) mass is 210 g/mol. The third-order valence-corrected chi connectivity index (χ3v) is 2.21. The Morgan fingerprint density at radius 2 is 2.00 bits per heavy atom. The van der Waals surface area contributed by atoms with Crippen molar-refractivity contribution in [2.75, 3.05) is 0 Å². The van der Waals surface area contributed by atoms with Gasteiger partial charge in [0.25, 0.3) is 0 Å². The number of rotatable bonds is 2.